The number of hydrogen-bond acceptors (Lipinski definition) is 7. The third-order valence-corrected chi connectivity index (χ3v) is 8.92. The zero-order valence-corrected chi connectivity index (χ0v) is 24.3. The summed E-state index contributed by atoms with van der Waals surface area (Å²) < 4.78 is 23.2. The summed E-state index contributed by atoms with van der Waals surface area (Å²) in [7, 11) is 3.64. The summed E-state index contributed by atoms with van der Waals surface area (Å²) in [5.74, 6) is -0.133. The van der Waals surface area contributed by atoms with Crippen molar-refractivity contribution in [3.63, 3.8) is 0 Å². The van der Waals surface area contributed by atoms with Gasteiger partial charge in [0, 0.05) is 24.6 Å². The zero-order chi connectivity index (χ0) is 29.4. The van der Waals surface area contributed by atoms with Crippen LogP contribution in [0, 0.1) is 5.82 Å². The lowest BCUT2D eigenvalue weighted by molar-refractivity contribution is 0.0106. The second-order valence-electron chi connectivity index (χ2n) is 11.9. The molecule has 1 amide bonds. The smallest absolute Gasteiger partial charge is 0.261 e. The van der Waals surface area contributed by atoms with E-state index in [0.29, 0.717) is 36.0 Å². The maximum atomic E-state index is 15.8. The van der Waals surface area contributed by atoms with Gasteiger partial charge >= 0.3 is 0 Å². The number of imidazole rings is 1. The van der Waals surface area contributed by atoms with Crippen LogP contribution in [0.4, 0.5) is 10.3 Å². The van der Waals surface area contributed by atoms with Gasteiger partial charge in [-0.3, -0.25) is 20.1 Å². The SMILES string of the molecule is COc1ccncc1-c1nccc(C(=O)Nc2nc3cc(C4CCN(C)CC4)ccc3n2[C@H]2CC[C@@](C)(O)CC2)c1F. The van der Waals surface area contributed by atoms with Gasteiger partial charge in [-0.15, -0.1) is 0 Å². The molecule has 2 aliphatic rings. The molecule has 42 heavy (non-hydrogen) atoms. The number of aliphatic hydroxyl groups is 1. The largest absolute Gasteiger partial charge is 0.496 e. The molecule has 0 spiro atoms. The molecule has 6 rings (SSSR count). The summed E-state index contributed by atoms with van der Waals surface area (Å²) in [4.78, 5) is 29.1. The fraction of sp³-hybridized carbons (Fsp3) is 0.438. The van der Waals surface area contributed by atoms with Crippen LogP contribution in [0.25, 0.3) is 22.3 Å². The standard InChI is InChI=1S/C32H37FN6O3/c1-32(41)12-6-22(7-13-32)39-26-5-4-21(20-10-16-38(2)17-11-20)18-25(26)36-31(39)37-30(40)23-8-15-35-29(28(23)33)24-19-34-14-9-27(24)42-3/h4-5,8-9,14-15,18-20,22,41H,6-7,10-13,16-17H2,1-3H3,(H,36,37,40)/t22-,32+. The minimum Gasteiger partial charge on any atom is -0.496 e. The first-order valence-electron chi connectivity index (χ1n) is 14.6. The van der Waals surface area contributed by atoms with E-state index in [9.17, 15) is 9.90 Å². The monoisotopic (exact) mass is 572 g/mol. The van der Waals surface area contributed by atoms with Crippen molar-refractivity contribution in [2.75, 3.05) is 32.6 Å². The quantitative estimate of drug-likeness (QED) is 0.311. The van der Waals surface area contributed by atoms with Crippen LogP contribution in [0.1, 0.15) is 73.3 Å². The molecule has 0 bridgehead atoms. The summed E-state index contributed by atoms with van der Waals surface area (Å²) in [6.45, 7) is 3.99. The maximum absolute atomic E-state index is 15.8. The Balaban J connectivity index is 1.36. The molecule has 1 aliphatic carbocycles. The number of pyridine rings is 2. The number of piperidine rings is 1. The van der Waals surface area contributed by atoms with Crippen LogP contribution >= 0.6 is 0 Å². The Kier molecular flexibility index (Phi) is 7.67. The molecular formula is C32H37FN6O3. The van der Waals surface area contributed by atoms with E-state index in [4.69, 9.17) is 9.72 Å². The Morgan fingerprint density at radius 1 is 1.12 bits per heavy atom. The highest BCUT2D eigenvalue weighted by Crippen LogP contribution is 2.39. The molecule has 2 N–H and O–H groups in total. The number of methoxy groups -OCH3 is 1. The Hall–Kier alpha value is -3.89. The van der Waals surface area contributed by atoms with Gasteiger partial charge in [0.25, 0.3) is 5.91 Å². The minimum atomic E-state index is -0.762. The zero-order valence-electron chi connectivity index (χ0n) is 24.3. The van der Waals surface area contributed by atoms with Crippen molar-refractivity contribution in [2.45, 2.75) is 63.0 Å². The van der Waals surface area contributed by atoms with Gasteiger partial charge in [0.05, 0.1) is 34.9 Å². The van der Waals surface area contributed by atoms with Crippen LogP contribution < -0.4 is 10.1 Å². The number of carbonyl (C=O) groups is 1. The number of fused-ring (bicyclic) bond motifs is 1. The third kappa shape index (κ3) is 5.48. The number of nitrogens with zero attached hydrogens (tertiary/aromatic N) is 5. The predicted octanol–water partition coefficient (Wildman–Crippen LogP) is 5.57. The molecule has 1 aliphatic heterocycles. The van der Waals surface area contributed by atoms with Crippen LogP contribution in [-0.2, 0) is 0 Å². The first-order chi connectivity index (χ1) is 20.2. The summed E-state index contributed by atoms with van der Waals surface area (Å²) in [5, 5.41) is 13.5. The lowest BCUT2D eigenvalue weighted by Crippen LogP contribution is -2.32. The van der Waals surface area contributed by atoms with E-state index in [2.05, 4.69) is 50.0 Å². The number of aromatic nitrogens is 4. The van der Waals surface area contributed by atoms with Crippen molar-refractivity contribution in [1.82, 2.24) is 24.4 Å². The fourth-order valence-corrected chi connectivity index (χ4v) is 6.37. The average Bonchev–Trinajstić information content (AvgIpc) is 3.34. The number of likely N-dealkylation sites (tertiary alicyclic amines) is 1. The van der Waals surface area contributed by atoms with Gasteiger partial charge in [-0.2, -0.15) is 0 Å². The number of carbonyl (C=O) groups excluding carboxylic acids is 1. The van der Waals surface area contributed by atoms with E-state index in [1.165, 1.54) is 31.1 Å². The van der Waals surface area contributed by atoms with Crippen LogP contribution in [0.3, 0.4) is 0 Å². The molecule has 220 valence electrons. The van der Waals surface area contributed by atoms with Gasteiger partial charge in [0.15, 0.2) is 5.82 Å². The number of halogens is 1. The summed E-state index contributed by atoms with van der Waals surface area (Å²) in [6.07, 6.45) is 9.38. The molecule has 1 saturated heterocycles. The van der Waals surface area contributed by atoms with Crippen LogP contribution in [0.15, 0.2) is 48.9 Å². The van der Waals surface area contributed by atoms with E-state index in [-0.39, 0.29) is 17.3 Å². The van der Waals surface area contributed by atoms with Gasteiger partial charge in [0.2, 0.25) is 5.95 Å². The highest BCUT2D eigenvalue weighted by molar-refractivity contribution is 6.05. The van der Waals surface area contributed by atoms with Crippen molar-refractivity contribution in [2.24, 2.45) is 0 Å². The van der Waals surface area contributed by atoms with E-state index in [1.54, 1.807) is 12.3 Å². The van der Waals surface area contributed by atoms with Gasteiger partial charge in [-0.25, -0.2) is 9.37 Å². The van der Waals surface area contributed by atoms with Crippen molar-refractivity contribution in [3.05, 3.63) is 65.9 Å². The highest BCUT2D eigenvalue weighted by Gasteiger charge is 2.32. The number of hydrogen-bond donors (Lipinski definition) is 2. The lowest BCUT2D eigenvalue weighted by Gasteiger charge is -2.34. The molecule has 4 heterocycles. The van der Waals surface area contributed by atoms with E-state index in [0.717, 1.165) is 49.8 Å². The number of benzene rings is 1. The molecule has 2 fully saturated rings. The Morgan fingerprint density at radius 2 is 1.88 bits per heavy atom. The van der Waals surface area contributed by atoms with Crippen molar-refractivity contribution >= 4 is 22.9 Å². The van der Waals surface area contributed by atoms with E-state index in [1.807, 2.05) is 6.92 Å². The topological polar surface area (TPSA) is 105 Å². The van der Waals surface area contributed by atoms with Crippen LogP contribution in [0.2, 0.25) is 0 Å². The first-order valence-corrected chi connectivity index (χ1v) is 14.6. The highest BCUT2D eigenvalue weighted by atomic mass is 19.1. The number of nitrogens with one attached hydrogen (secondary N) is 1. The van der Waals surface area contributed by atoms with Gasteiger partial charge in [-0.1, -0.05) is 6.07 Å². The average molecular weight is 573 g/mol. The molecule has 3 aromatic heterocycles. The number of ether oxygens (including phenoxy) is 1. The molecule has 1 aromatic carbocycles. The molecule has 0 radical (unpaired) electrons. The molecule has 1 saturated carbocycles. The Labute approximate surface area is 244 Å². The Bertz CT molecular complexity index is 1600. The van der Waals surface area contributed by atoms with Gasteiger partial charge in [0.1, 0.15) is 11.4 Å². The molecule has 0 atom stereocenters. The van der Waals surface area contributed by atoms with E-state index < -0.39 is 17.3 Å². The van der Waals surface area contributed by atoms with Crippen molar-refractivity contribution in [1.29, 1.82) is 0 Å². The molecule has 9 nitrogen and oxygen atoms in total. The molecule has 10 heteroatoms. The molecular weight excluding hydrogens is 535 g/mol. The van der Waals surface area contributed by atoms with E-state index >= 15 is 4.39 Å². The van der Waals surface area contributed by atoms with Crippen molar-refractivity contribution in [3.8, 4) is 17.0 Å². The van der Waals surface area contributed by atoms with Crippen LogP contribution in [0.5, 0.6) is 5.75 Å². The minimum absolute atomic E-state index is 0.0154. The normalized spacial score (nSPS) is 21.9. The summed E-state index contributed by atoms with van der Waals surface area (Å²) in [6, 6.07) is 9.43. The van der Waals surface area contributed by atoms with Crippen molar-refractivity contribution < 1.29 is 19.0 Å². The summed E-state index contributed by atoms with van der Waals surface area (Å²) >= 11 is 0. The van der Waals surface area contributed by atoms with Crippen LogP contribution in [-0.4, -0.2) is 68.3 Å². The second kappa shape index (κ2) is 11.4. The number of amides is 1. The lowest BCUT2D eigenvalue weighted by atomic mass is 9.83. The van der Waals surface area contributed by atoms with Gasteiger partial charge in [-0.05, 0) is 101 Å². The predicted molar refractivity (Wildman–Crippen MR) is 159 cm³/mol. The van der Waals surface area contributed by atoms with Gasteiger partial charge < -0.3 is 19.3 Å². The molecule has 0 unspecified atom stereocenters. The second-order valence-corrected chi connectivity index (χ2v) is 11.9. The Morgan fingerprint density at radius 3 is 2.62 bits per heavy atom. The summed E-state index contributed by atoms with van der Waals surface area (Å²) in [5.41, 5.74) is 2.46. The first kappa shape index (κ1) is 28.2. The third-order valence-electron chi connectivity index (χ3n) is 8.92. The number of anilines is 1. The molecule has 4 aromatic rings. The number of rotatable bonds is 6. The fourth-order valence-electron chi connectivity index (χ4n) is 6.37. The maximum Gasteiger partial charge on any atom is 0.261 e.